The second-order valence-electron chi connectivity index (χ2n) is 5.31. The molecule has 0 amide bonds. The van der Waals surface area contributed by atoms with Gasteiger partial charge < -0.3 is 4.74 Å². The van der Waals surface area contributed by atoms with Gasteiger partial charge in [0.25, 0.3) is 5.56 Å². The Labute approximate surface area is 155 Å². The van der Waals surface area contributed by atoms with Crippen LogP contribution >= 0.6 is 27.3 Å². The van der Waals surface area contributed by atoms with Gasteiger partial charge in [0.15, 0.2) is 5.82 Å². The number of fused-ring (bicyclic) bond motifs is 1. The molecule has 0 N–H and O–H groups in total. The minimum absolute atomic E-state index is 0.119. The molecule has 25 heavy (non-hydrogen) atoms. The molecular weight excluding hydrogens is 402 g/mol. The molecule has 0 bridgehead atoms. The number of nitrogens with zero attached hydrogens (tertiary/aromatic N) is 3. The normalized spacial score (nSPS) is 12.0. The van der Waals surface area contributed by atoms with E-state index >= 15 is 0 Å². The molecule has 0 fully saturated rings. The lowest BCUT2D eigenvalue weighted by Gasteiger charge is -1.99. The smallest absolute Gasteiger partial charge is 0.276 e. The predicted molar refractivity (Wildman–Crippen MR) is 102 cm³/mol. The average Bonchev–Trinajstić information content (AvgIpc) is 3.17. The number of halogens is 1. The lowest BCUT2D eigenvalue weighted by Crippen LogP contribution is -2.23. The van der Waals surface area contributed by atoms with Gasteiger partial charge in [-0.1, -0.05) is 57.6 Å². The number of rotatable bonds is 3. The molecule has 0 unspecified atom stereocenters. The lowest BCUT2D eigenvalue weighted by atomic mass is 10.2. The van der Waals surface area contributed by atoms with E-state index in [0.29, 0.717) is 15.3 Å². The molecule has 2 aromatic carbocycles. The standard InChI is InChI=1S/C18H12BrN3O2S/c1-24-12-8-6-11(7-9-12)10-15-17(23)22-16(20-21-18(22)25-15)13-4-2-3-5-14(13)19/h2-10H,1H3/b15-10-. The van der Waals surface area contributed by atoms with E-state index in [2.05, 4.69) is 26.1 Å². The number of aromatic nitrogens is 3. The average molecular weight is 414 g/mol. The van der Waals surface area contributed by atoms with Gasteiger partial charge in [-0.25, -0.2) is 4.40 Å². The molecule has 4 aromatic rings. The summed E-state index contributed by atoms with van der Waals surface area (Å²) < 4.78 is 8.20. The summed E-state index contributed by atoms with van der Waals surface area (Å²) in [4.78, 5) is 13.4. The van der Waals surface area contributed by atoms with E-state index in [1.54, 1.807) is 11.5 Å². The van der Waals surface area contributed by atoms with Crippen LogP contribution in [-0.2, 0) is 0 Å². The van der Waals surface area contributed by atoms with Gasteiger partial charge >= 0.3 is 0 Å². The maximum Gasteiger partial charge on any atom is 0.276 e. The summed E-state index contributed by atoms with van der Waals surface area (Å²) in [6.07, 6.45) is 1.85. The van der Waals surface area contributed by atoms with E-state index in [-0.39, 0.29) is 5.56 Å². The highest BCUT2D eigenvalue weighted by atomic mass is 79.9. The molecule has 0 aliphatic heterocycles. The first kappa shape index (κ1) is 16.0. The van der Waals surface area contributed by atoms with Crippen molar-refractivity contribution in [2.45, 2.75) is 0 Å². The second kappa shape index (κ2) is 6.42. The third-order valence-electron chi connectivity index (χ3n) is 3.78. The minimum Gasteiger partial charge on any atom is -0.497 e. The van der Waals surface area contributed by atoms with Crippen molar-refractivity contribution < 1.29 is 4.74 Å². The Balaban J connectivity index is 1.88. The van der Waals surface area contributed by atoms with Crippen LogP contribution < -0.4 is 14.8 Å². The maximum atomic E-state index is 12.8. The molecule has 4 rings (SSSR count). The molecule has 7 heteroatoms. The fourth-order valence-electron chi connectivity index (χ4n) is 2.53. The summed E-state index contributed by atoms with van der Waals surface area (Å²) in [6.45, 7) is 0. The predicted octanol–water partition coefficient (Wildman–Crippen LogP) is 3.14. The molecule has 0 spiro atoms. The van der Waals surface area contributed by atoms with Gasteiger partial charge in [-0.05, 0) is 29.8 Å². The van der Waals surface area contributed by atoms with Crippen LogP contribution in [0.5, 0.6) is 5.75 Å². The van der Waals surface area contributed by atoms with Crippen molar-refractivity contribution in [1.29, 1.82) is 0 Å². The zero-order chi connectivity index (χ0) is 17.4. The Morgan fingerprint density at radius 1 is 1.12 bits per heavy atom. The Bertz CT molecular complexity index is 1170. The highest BCUT2D eigenvalue weighted by molar-refractivity contribution is 9.10. The van der Waals surface area contributed by atoms with Crippen LogP contribution in [0.2, 0.25) is 0 Å². The van der Waals surface area contributed by atoms with Crippen LogP contribution in [0.4, 0.5) is 0 Å². The molecule has 0 atom stereocenters. The summed E-state index contributed by atoms with van der Waals surface area (Å²) in [5.41, 5.74) is 1.64. The molecule has 5 nitrogen and oxygen atoms in total. The van der Waals surface area contributed by atoms with Crippen molar-refractivity contribution in [3.63, 3.8) is 0 Å². The maximum absolute atomic E-state index is 12.8. The van der Waals surface area contributed by atoms with Gasteiger partial charge in [-0.3, -0.25) is 4.79 Å². The fourth-order valence-corrected chi connectivity index (χ4v) is 3.91. The minimum atomic E-state index is -0.119. The van der Waals surface area contributed by atoms with E-state index in [0.717, 1.165) is 21.3 Å². The molecular formula is C18H12BrN3O2S. The number of benzene rings is 2. The van der Waals surface area contributed by atoms with Gasteiger partial charge in [-0.2, -0.15) is 0 Å². The Morgan fingerprint density at radius 2 is 1.88 bits per heavy atom. The summed E-state index contributed by atoms with van der Waals surface area (Å²) in [6, 6.07) is 15.2. The zero-order valence-corrected chi connectivity index (χ0v) is 15.5. The first-order valence-corrected chi connectivity index (χ1v) is 9.07. The van der Waals surface area contributed by atoms with Crippen molar-refractivity contribution in [3.05, 3.63) is 73.5 Å². The zero-order valence-electron chi connectivity index (χ0n) is 13.1. The molecule has 0 saturated carbocycles. The third-order valence-corrected chi connectivity index (χ3v) is 5.43. The van der Waals surface area contributed by atoms with Gasteiger partial charge in [-0.15, -0.1) is 10.2 Å². The number of thiazole rings is 1. The van der Waals surface area contributed by atoms with Crippen molar-refractivity contribution in [2.75, 3.05) is 7.11 Å². The Morgan fingerprint density at radius 3 is 2.60 bits per heavy atom. The quantitative estimate of drug-likeness (QED) is 0.517. The lowest BCUT2D eigenvalue weighted by molar-refractivity contribution is 0.415. The van der Waals surface area contributed by atoms with Crippen LogP contribution in [0.25, 0.3) is 22.4 Å². The fraction of sp³-hybridized carbons (Fsp3) is 0.0556. The van der Waals surface area contributed by atoms with Crippen molar-refractivity contribution in [3.8, 4) is 17.1 Å². The van der Waals surface area contributed by atoms with Crippen LogP contribution in [0, 0.1) is 0 Å². The van der Waals surface area contributed by atoms with E-state index in [1.165, 1.54) is 11.3 Å². The van der Waals surface area contributed by atoms with Crippen LogP contribution in [0.15, 0.2) is 57.8 Å². The number of hydrogen-bond donors (Lipinski definition) is 0. The second-order valence-corrected chi connectivity index (χ2v) is 7.17. The highest BCUT2D eigenvalue weighted by Gasteiger charge is 2.15. The molecule has 2 aromatic heterocycles. The van der Waals surface area contributed by atoms with Crippen molar-refractivity contribution >= 4 is 38.3 Å². The number of ether oxygens (including phenoxy) is 1. The topological polar surface area (TPSA) is 56.5 Å². The first-order valence-electron chi connectivity index (χ1n) is 7.46. The molecule has 0 aliphatic rings. The molecule has 0 aliphatic carbocycles. The largest absolute Gasteiger partial charge is 0.497 e. The number of hydrogen-bond acceptors (Lipinski definition) is 5. The summed E-state index contributed by atoms with van der Waals surface area (Å²) >= 11 is 4.83. The van der Waals surface area contributed by atoms with Crippen LogP contribution in [0.1, 0.15) is 5.56 Å². The first-order chi connectivity index (χ1) is 12.2. The van der Waals surface area contributed by atoms with Crippen molar-refractivity contribution in [2.24, 2.45) is 0 Å². The molecule has 0 radical (unpaired) electrons. The van der Waals surface area contributed by atoms with Crippen LogP contribution in [-0.4, -0.2) is 21.7 Å². The Hall–Kier alpha value is -2.51. The van der Waals surface area contributed by atoms with E-state index < -0.39 is 0 Å². The van der Waals surface area contributed by atoms with E-state index in [4.69, 9.17) is 4.74 Å². The van der Waals surface area contributed by atoms with Gasteiger partial charge in [0, 0.05) is 10.0 Å². The van der Waals surface area contributed by atoms with E-state index in [9.17, 15) is 4.79 Å². The van der Waals surface area contributed by atoms with Crippen LogP contribution in [0.3, 0.4) is 0 Å². The molecule has 2 heterocycles. The Kier molecular flexibility index (Phi) is 4.10. The monoisotopic (exact) mass is 413 g/mol. The van der Waals surface area contributed by atoms with E-state index in [1.807, 2.05) is 54.6 Å². The third kappa shape index (κ3) is 2.85. The molecule has 0 saturated heterocycles. The summed E-state index contributed by atoms with van der Waals surface area (Å²) in [5.74, 6) is 1.32. The van der Waals surface area contributed by atoms with Crippen molar-refractivity contribution in [1.82, 2.24) is 14.6 Å². The SMILES string of the molecule is COc1ccc(/C=c2\sc3nnc(-c4ccccc4Br)n3c2=O)cc1. The highest BCUT2D eigenvalue weighted by Crippen LogP contribution is 2.26. The number of methoxy groups -OCH3 is 1. The van der Waals surface area contributed by atoms with Gasteiger partial charge in [0.1, 0.15) is 5.75 Å². The summed E-state index contributed by atoms with van der Waals surface area (Å²) in [5, 5.41) is 8.34. The summed E-state index contributed by atoms with van der Waals surface area (Å²) in [7, 11) is 1.62. The van der Waals surface area contributed by atoms with Gasteiger partial charge in [0.05, 0.1) is 11.6 Å². The van der Waals surface area contributed by atoms with Gasteiger partial charge in [0.2, 0.25) is 4.96 Å². The molecule has 124 valence electrons.